The van der Waals surface area contributed by atoms with E-state index in [1.165, 1.54) is 23.6 Å². The Labute approximate surface area is 177 Å². The molecule has 4 rings (SSSR count). The van der Waals surface area contributed by atoms with Gasteiger partial charge in [0.25, 0.3) is 0 Å². The highest BCUT2D eigenvalue weighted by molar-refractivity contribution is 7.09. The summed E-state index contributed by atoms with van der Waals surface area (Å²) < 4.78 is 4.42. The van der Waals surface area contributed by atoms with E-state index in [1.54, 1.807) is 0 Å². The maximum absolute atomic E-state index is 4.63. The van der Waals surface area contributed by atoms with E-state index >= 15 is 0 Å². The Morgan fingerprint density at radius 2 is 1.93 bits per heavy atom. The lowest BCUT2D eigenvalue weighted by Crippen LogP contribution is -2.53. The Morgan fingerprint density at radius 1 is 1.14 bits per heavy atom. The molecule has 29 heavy (non-hydrogen) atoms. The van der Waals surface area contributed by atoms with E-state index in [-0.39, 0.29) is 0 Å². The molecule has 1 aromatic carbocycles. The SMILES string of the molecule is CCc1nsc(N2CCN(C(=NC)NCC3CCN(c4ccccc4)C3)CC2)n1. The van der Waals surface area contributed by atoms with Gasteiger partial charge in [0.15, 0.2) is 5.96 Å². The van der Waals surface area contributed by atoms with E-state index in [1.807, 2.05) is 7.05 Å². The van der Waals surface area contributed by atoms with Crippen molar-refractivity contribution in [3.8, 4) is 0 Å². The molecule has 2 fully saturated rings. The van der Waals surface area contributed by atoms with Crippen LogP contribution < -0.4 is 15.1 Å². The van der Waals surface area contributed by atoms with Crippen LogP contribution in [0, 0.1) is 5.92 Å². The summed E-state index contributed by atoms with van der Waals surface area (Å²) in [5.74, 6) is 2.63. The van der Waals surface area contributed by atoms with Crippen LogP contribution in [0.15, 0.2) is 35.3 Å². The molecule has 156 valence electrons. The first-order valence-corrected chi connectivity index (χ1v) is 11.4. The number of anilines is 2. The minimum atomic E-state index is 0.655. The number of hydrogen-bond donors (Lipinski definition) is 1. The van der Waals surface area contributed by atoms with Crippen LogP contribution in [0.3, 0.4) is 0 Å². The van der Waals surface area contributed by atoms with Crippen LogP contribution in [0.4, 0.5) is 10.8 Å². The lowest BCUT2D eigenvalue weighted by atomic mass is 10.1. The van der Waals surface area contributed by atoms with Crippen LogP contribution in [0.5, 0.6) is 0 Å². The van der Waals surface area contributed by atoms with Crippen LogP contribution in [0.25, 0.3) is 0 Å². The first-order valence-electron chi connectivity index (χ1n) is 10.6. The molecule has 1 atom stereocenters. The summed E-state index contributed by atoms with van der Waals surface area (Å²) in [4.78, 5) is 16.4. The van der Waals surface area contributed by atoms with E-state index in [0.29, 0.717) is 5.92 Å². The Morgan fingerprint density at radius 3 is 2.62 bits per heavy atom. The monoisotopic (exact) mass is 413 g/mol. The van der Waals surface area contributed by atoms with Crippen LogP contribution in [0.2, 0.25) is 0 Å². The molecule has 0 radical (unpaired) electrons. The number of benzene rings is 1. The lowest BCUT2D eigenvalue weighted by Gasteiger charge is -2.36. The molecule has 2 aromatic rings. The lowest BCUT2D eigenvalue weighted by molar-refractivity contribution is 0.369. The molecular weight excluding hydrogens is 382 g/mol. The average Bonchev–Trinajstić information content (AvgIpc) is 3.45. The Hall–Kier alpha value is -2.35. The van der Waals surface area contributed by atoms with Crippen LogP contribution in [0.1, 0.15) is 19.2 Å². The highest BCUT2D eigenvalue weighted by Crippen LogP contribution is 2.23. The van der Waals surface area contributed by atoms with Gasteiger partial charge >= 0.3 is 0 Å². The van der Waals surface area contributed by atoms with Crippen LogP contribution in [-0.4, -0.2) is 73.1 Å². The zero-order valence-electron chi connectivity index (χ0n) is 17.4. The molecule has 0 saturated carbocycles. The van der Waals surface area contributed by atoms with Gasteiger partial charge in [0.05, 0.1) is 0 Å². The minimum Gasteiger partial charge on any atom is -0.371 e. The van der Waals surface area contributed by atoms with Gasteiger partial charge in [-0.05, 0) is 24.5 Å². The molecule has 8 heteroatoms. The Bertz CT molecular complexity index is 798. The van der Waals surface area contributed by atoms with E-state index in [0.717, 1.165) is 69.1 Å². The quantitative estimate of drug-likeness (QED) is 0.600. The summed E-state index contributed by atoms with van der Waals surface area (Å²) in [5.41, 5.74) is 1.33. The maximum Gasteiger partial charge on any atom is 0.205 e. The van der Waals surface area contributed by atoms with Crippen molar-refractivity contribution in [3.05, 3.63) is 36.2 Å². The maximum atomic E-state index is 4.63. The highest BCUT2D eigenvalue weighted by atomic mass is 32.1. The number of aryl methyl sites for hydroxylation is 1. The smallest absolute Gasteiger partial charge is 0.205 e. The number of piperazine rings is 1. The van der Waals surface area contributed by atoms with Gasteiger partial charge in [0, 0.05) is 76.5 Å². The second-order valence-electron chi connectivity index (χ2n) is 7.69. The third-order valence-corrected chi connectivity index (χ3v) is 6.61. The molecule has 0 bridgehead atoms. The summed E-state index contributed by atoms with van der Waals surface area (Å²) in [7, 11) is 1.89. The molecule has 0 spiro atoms. The fraction of sp³-hybridized carbons (Fsp3) is 0.571. The van der Waals surface area contributed by atoms with Gasteiger partial charge in [-0.15, -0.1) is 0 Å². The molecular formula is C21H31N7S. The molecule has 2 aliphatic heterocycles. The van der Waals surface area contributed by atoms with E-state index in [4.69, 9.17) is 0 Å². The van der Waals surface area contributed by atoms with Crippen molar-refractivity contribution in [1.82, 2.24) is 19.6 Å². The third-order valence-electron chi connectivity index (χ3n) is 5.79. The normalized spacial score (nSPS) is 20.4. The number of para-hydroxylation sites is 1. The summed E-state index contributed by atoms with van der Waals surface area (Å²) >= 11 is 1.52. The largest absolute Gasteiger partial charge is 0.371 e. The van der Waals surface area contributed by atoms with Gasteiger partial charge in [-0.2, -0.15) is 4.37 Å². The zero-order chi connectivity index (χ0) is 20.1. The van der Waals surface area contributed by atoms with E-state index in [2.05, 4.69) is 71.6 Å². The number of hydrogen-bond acceptors (Lipinski definition) is 6. The Balaban J connectivity index is 1.24. The second kappa shape index (κ2) is 9.43. The summed E-state index contributed by atoms with van der Waals surface area (Å²) in [5, 5.41) is 4.68. The fourth-order valence-corrected chi connectivity index (χ4v) is 4.87. The average molecular weight is 414 g/mol. The predicted molar refractivity (Wildman–Crippen MR) is 121 cm³/mol. The van der Waals surface area contributed by atoms with E-state index in [9.17, 15) is 0 Å². The number of aliphatic imine (C=N–C) groups is 1. The second-order valence-corrected chi connectivity index (χ2v) is 8.42. The topological polar surface area (TPSA) is 59.9 Å². The van der Waals surface area contributed by atoms with Crippen molar-refractivity contribution in [2.45, 2.75) is 19.8 Å². The van der Waals surface area contributed by atoms with Gasteiger partial charge in [-0.25, -0.2) is 4.98 Å². The van der Waals surface area contributed by atoms with Gasteiger partial charge < -0.3 is 20.0 Å². The third kappa shape index (κ3) is 4.80. The predicted octanol–water partition coefficient (Wildman–Crippen LogP) is 2.32. The minimum absolute atomic E-state index is 0.655. The molecule has 7 nitrogen and oxygen atoms in total. The van der Waals surface area contributed by atoms with Crippen molar-refractivity contribution in [2.75, 3.05) is 62.7 Å². The van der Waals surface area contributed by atoms with Crippen molar-refractivity contribution in [2.24, 2.45) is 10.9 Å². The van der Waals surface area contributed by atoms with Gasteiger partial charge in [-0.3, -0.25) is 4.99 Å². The molecule has 1 unspecified atom stereocenters. The van der Waals surface area contributed by atoms with Crippen molar-refractivity contribution in [1.29, 1.82) is 0 Å². The first-order chi connectivity index (χ1) is 14.3. The number of rotatable bonds is 5. The number of aromatic nitrogens is 2. The van der Waals surface area contributed by atoms with Crippen molar-refractivity contribution < 1.29 is 0 Å². The van der Waals surface area contributed by atoms with Crippen LogP contribution in [-0.2, 0) is 6.42 Å². The first kappa shape index (κ1) is 19.9. The number of guanidine groups is 1. The summed E-state index contributed by atoms with van der Waals surface area (Å²) in [6.07, 6.45) is 2.12. The fourth-order valence-electron chi connectivity index (χ4n) is 4.07. The summed E-state index contributed by atoms with van der Waals surface area (Å²) in [6.45, 7) is 9.17. The summed E-state index contributed by atoms with van der Waals surface area (Å²) in [6, 6.07) is 10.7. The van der Waals surface area contributed by atoms with E-state index < -0.39 is 0 Å². The highest BCUT2D eigenvalue weighted by Gasteiger charge is 2.25. The van der Waals surface area contributed by atoms with Gasteiger partial charge in [0.1, 0.15) is 5.82 Å². The molecule has 1 aromatic heterocycles. The molecule has 2 aliphatic rings. The molecule has 2 saturated heterocycles. The zero-order valence-corrected chi connectivity index (χ0v) is 18.2. The number of nitrogens with zero attached hydrogens (tertiary/aromatic N) is 6. The Kier molecular flexibility index (Phi) is 6.49. The van der Waals surface area contributed by atoms with Gasteiger partial charge in [-0.1, -0.05) is 25.1 Å². The van der Waals surface area contributed by atoms with Crippen molar-refractivity contribution in [3.63, 3.8) is 0 Å². The van der Waals surface area contributed by atoms with Gasteiger partial charge in [0.2, 0.25) is 5.13 Å². The molecule has 0 aliphatic carbocycles. The molecule has 3 heterocycles. The molecule has 1 N–H and O–H groups in total. The standard InChI is InChI=1S/C21H31N7S/c1-3-19-24-21(29-25-19)27-13-11-26(12-14-27)20(22-2)23-15-17-9-10-28(16-17)18-7-5-4-6-8-18/h4-8,17H,3,9-16H2,1-2H3,(H,22,23). The van der Waals surface area contributed by atoms with Crippen molar-refractivity contribution >= 4 is 28.3 Å². The van der Waals surface area contributed by atoms with Crippen LogP contribution >= 0.6 is 11.5 Å². The number of nitrogens with one attached hydrogen (secondary N) is 1. The molecule has 0 amide bonds.